The minimum absolute atomic E-state index is 0.0327. The van der Waals surface area contributed by atoms with Crippen LogP contribution >= 0.6 is 31.9 Å². The van der Waals surface area contributed by atoms with E-state index < -0.39 is 5.02 Å². The Morgan fingerprint density at radius 3 is 2.65 bits per heavy atom. The first-order valence-corrected chi connectivity index (χ1v) is 6.30. The lowest BCUT2D eigenvalue weighted by Crippen LogP contribution is -2.17. The number of alkyl halides is 3. The molecule has 0 saturated carbocycles. The SMILES string of the molecule is CCNc1c(C=N)ccc(Br)c1OC(F)(F)Br. The number of benzene rings is 1. The van der Waals surface area contributed by atoms with Gasteiger partial charge in [0.2, 0.25) is 0 Å². The summed E-state index contributed by atoms with van der Waals surface area (Å²) in [5.74, 6) is -0.0327. The molecule has 1 aromatic rings. The molecule has 0 saturated heterocycles. The van der Waals surface area contributed by atoms with E-state index in [2.05, 4.69) is 41.9 Å². The van der Waals surface area contributed by atoms with E-state index in [0.717, 1.165) is 6.21 Å². The molecule has 0 atom stereocenters. The summed E-state index contributed by atoms with van der Waals surface area (Å²) >= 11 is 5.26. The van der Waals surface area contributed by atoms with Crippen molar-refractivity contribution in [2.24, 2.45) is 0 Å². The van der Waals surface area contributed by atoms with Crippen LogP contribution in [0.3, 0.4) is 0 Å². The van der Waals surface area contributed by atoms with Gasteiger partial charge in [0.25, 0.3) is 0 Å². The van der Waals surface area contributed by atoms with Gasteiger partial charge in [-0.3, -0.25) is 0 Å². The zero-order valence-electron chi connectivity index (χ0n) is 8.86. The van der Waals surface area contributed by atoms with Crippen molar-refractivity contribution in [3.8, 4) is 5.75 Å². The average molecular weight is 372 g/mol. The van der Waals surface area contributed by atoms with E-state index in [0.29, 0.717) is 22.3 Å². The fraction of sp³-hybridized carbons (Fsp3) is 0.300. The molecule has 0 amide bonds. The van der Waals surface area contributed by atoms with Crippen molar-refractivity contribution >= 4 is 43.8 Å². The zero-order valence-corrected chi connectivity index (χ0v) is 12.0. The summed E-state index contributed by atoms with van der Waals surface area (Å²) in [5.41, 5.74) is 0.831. The van der Waals surface area contributed by atoms with Gasteiger partial charge < -0.3 is 15.5 Å². The molecule has 0 unspecified atom stereocenters. The molecule has 3 nitrogen and oxygen atoms in total. The Balaban J connectivity index is 3.28. The molecule has 94 valence electrons. The van der Waals surface area contributed by atoms with Gasteiger partial charge in [0.05, 0.1) is 10.2 Å². The Labute approximate surface area is 114 Å². The van der Waals surface area contributed by atoms with Crippen LogP contribution in [0.15, 0.2) is 16.6 Å². The van der Waals surface area contributed by atoms with Crippen LogP contribution in [0.4, 0.5) is 14.5 Å². The van der Waals surface area contributed by atoms with Gasteiger partial charge in [0, 0.05) is 34.3 Å². The van der Waals surface area contributed by atoms with Crippen molar-refractivity contribution in [2.75, 3.05) is 11.9 Å². The lowest BCUT2D eigenvalue weighted by Gasteiger charge is -2.18. The number of hydrogen-bond donors (Lipinski definition) is 2. The molecule has 0 heterocycles. The summed E-state index contributed by atoms with van der Waals surface area (Å²) < 4.78 is 30.6. The summed E-state index contributed by atoms with van der Waals surface area (Å²) in [7, 11) is 0. The van der Waals surface area contributed by atoms with Crippen LogP contribution in [-0.4, -0.2) is 17.8 Å². The highest BCUT2D eigenvalue weighted by Crippen LogP contribution is 2.40. The molecule has 7 heteroatoms. The number of anilines is 1. The van der Waals surface area contributed by atoms with Crippen LogP contribution in [0.5, 0.6) is 5.75 Å². The third-order valence-electron chi connectivity index (χ3n) is 1.87. The fourth-order valence-corrected chi connectivity index (χ4v) is 1.84. The number of rotatable bonds is 5. The lowest BCUT2D eigenvalue weighted by atomic mass is 10.1. The number of hydrogen-bond acceptors (Lipinski definition) is 3. The van der Waals surface area contributed by atoms with Crippen molar-refractivity contribution in [1.29, 1.82) is 5.41 Å². The van der Waals surface area contributed by atoms with Gasteiger partial charge in [-0.05, 0) is 35.0 Å². The van der Waals surface area contributed by atoms with Gasteiger partial charge in [0.1, 0.15) is 0 Å². The second kappa shape index (κ2) is 5.77. The summed E-state index contributed by atoms with van der Waals surface area (Å²) in [6, 6.07) is 3.18. The predicted octanol–water partition coefficient (Wildman–Crippen LogP) is 4.20. The largest absolute Gasteiger partial charge is 0.459 e. The molecule has 0 spiro atoms. The van der Waals surface area contributed by atoms with Crippen LogP contribution in [0, 0.1) is 5.41 Å². The van der Waals surface area contributed by atoms with Gasteiger partial charge in [-0.2, -0.15) is 8.78 Å². The van der Waals surface area contributed by atoms with Crippen LogP contribution in [0.25, 0.3) is 0 Å². The molecule has 1 aromatic carbocycles. The Bertz CT molecular complexity index is 422. The van der Waals surface area contributed by atoms with Crippen molar-refractivity contribution in [2.45, 2.75) is 11.9 Å². The summed E-state index contributed by atoms with van der Waals surface area (Å²) in [6.45, 7) is 2.35. The predicted molar refractivity (Wildman–Crippen MR) is 70.7 cm³/mol. The van der Waals surface area contributed by atoms with Crippen molar-refractivity contribution in [1.82, 2.24) is 0 Å². The quantitative estimate of drug-likeness (QED) is 0.601. The monoisotopic (exact) mass is 370 g/mol. The van der Waals surface area contributed by atoms with Crippen molar-refractivity contribution in [3.63, 3.8) is 0 Å². The van der Waals surface area contributed by atoms with E-state index in [9.17, 15) is 8.78 Å². The highest BCUT2D eigenvalue weighted by Gasteiger charge is 2.29. The molecule has 17 heavy (non-hydrogen) atoms. The first kappa shape index (κ1) is 14.4. The molecular weight excluding hydrogens is 362 g/mol. The number of nitrogens with one attached hydrogen (secondary N) is 2. The van der Waals surface area contributed by atoms with E-state index in [1.165, 1.54) is 0 Å². The minimum Gasteiger partial charge on any atom is -0.420 e. The Hall–Kier alpha value is -0.690. The van der Waals surface area contributed by atoms with E-state index >= 15 is 0 Å². The normalized spacial score (nSPS) is 11.1. The molecule has 0 aliphatic heterocycles. The third kappa shape index (κ3) is 3.92. The smallest absolute Gasteiger partial charge is 0.420 e. The van der Waals surface area contributed by atoms with Gasteiger partial charge in [-0.15, -0.1) is 0 Å². The topological polar surface area (TPSA) is 45.1 Å². The van der Waals surface area contributed by atoms with E-state index in [4.69, 9.17) is 5.41 Å². The molecule has 2 N–H and O–H groups in total. The van der Waals surface area contributed by atoms with Crippen LogP contribution in [-0.2, 0) is 0 Å². The third-order valence-corrected chi connectivity index (χ3v) is 2.66. The Morgan fingerprint density at radius 2 is 2.18 bits per heavy atom. The average Bonchev–Trinajstić information content (AvgIpc) is 2.22. The molecule has 0 radical (unpaired) electrons. The first-order chi connectivity index (χ1) is 7.89. The maximum atomic E-state index is 12.8. The van der Waals surface area contributed by atoms with E-state index in [-0.39, 0.29) is 5.75 Å². The number of halogens is 4. The molecule has 0 aromatic heterocycles. The van der Waals surface area contributed by atoms with Gasteiger partial charge in [0.15, 0.2) is 5.75 Å². The molecule has 0 aliphatic carbocycles. The standard InChI is InChI=1S/C10H10Br2F2N2O/c1-2-16-8-6(5-15)3-4-7(11)9(8)17-10(12,13)14/h3-5,15-16H,2H2,1H3. The maximum Gasteiger partial charge on any atom is 0.459 e. The molecular formula is C10H10Br2F2N2O. The molecule has 0 fully saturated rings. The van der Waals surface area contributed by atoms with Crippen molar-refractivity contribution < 1.29 is 13.5 Å². The van der Waals surface area contributed by atoms with Crippen molar-refractivity contribution in [3.05, 3.63) is 22.2 Å². The van der Waals surface area contributed by atoms with Crippen LogP contribution in [0.2, 0.25) is 0 Å². The second-order valence-electron chi connectivity index (χ2n) is 3.06. The highest BCUT2D eigenvalue weighted by atomic mass is 79.9. The number of ether oxygens (including phenoxy) is 1. The molecule has 0 bridgehead atoms. The van der Waals surface area contributed by atoms with E-state index in [1.54, 1.807) is 12.1 Å². The lowest BCUT2D eigenvalue weighted by molar-refractivity contribution is -0.0803. The molecule has 0 aliphatic rings. The summed E-state index contributed by atoms with van der Waals surface area (Å²) in [5, 5.41) is 6.67. The Morgan fingerprint density at radius 1 is 1.53 bits per heavy atom. The van der Waals surface area contributed by atoms with E-state index in [1.807, 2.05) is 6.92 Å². The van der Waals surface area contributed by atoms with Gasteiger partial charge in [-0.25, -0.2) is 0 Å². The maximum absolute atomic E-state index is 12.8. The Kier molecular flexibility index (Phi) is 4.88. The molecule has 1 rings (SSSR count). The van der Waals surface area contributed by atoms with Crippen LogP contribution in [0.1, 0.15) is 12.5 Å². The zero-order chi connectivity index (χ0) is 13.1. The fourth-order valence-electron chi connectivity index (χ4n) is 1.27. The first-order valence-electron chi connectivity index (χ1n) is 4.71. The van der Waals surface area contributed by atoms with Gasteiger partial charge in [-0.1, -0.05) is 0 Å². The van der Waals surface area contributed by atoms with Gasteiger partial charge >= 0.3 is 5.02 Å². The van der Waals surface area contributed by atoms with Crippen LogP contribution < -0.4 is 10.1 Å². The summed E-state index contributed by atoms with van der Waals surface area (Å²) in [4.78, 5) is 0. The summed E-state index contributed by atoms with van der Waals surface area (Å²) in [6.07, 6.45) is 1.07. The second-order valence-corrected chi connectivity index (χ2v) is 4.84. The minimum atomic E-state index is -3.46. The highest BCUT2D eigenvalue weighted by molar-refractivity contribution is 9.10.